The lowest BCUT2D eigenvalue weighted by atomic mass is 10.4. The first-order chi connectivity index (χ1) is 10.9. The zero-order chi connectivity index (χ0) is 17.0. The summed E-state index contributed by atoms with van der Waals surface area (Å²) in [5.74, 6) is -0.235. The quantitative estimate of drug-likeness (QED) is 0.572. The van der Waals surface area contributed by atoms with Gasteiger partial charge in [-0.2, -0.15) is 10.2 Å². The van der Waals surface area contributed by atoms with Crippen molar-refractivity contribution < 1.29 is 4.79 Å². The molecule has 8 nitrogen and oxygen atoms in total. The average Bonchev–Trinajstić information content (AvgIpc) is 3.00. The van der Waals surface area contributed by atoms with E-state index in [1.165, 1.54) is 0 Å². The van der Waals surface area contributed by atoms with Crippen LogP contribution in [0.3, 0.4) is 0 Å². The molecular formula is C14H21N7OS. The monoisotopic (exact) mass is 335 g/mol. The number of carbonyl (C=O) groups is 1. The molecule has 2 heterocycles. The molecule has 0 aliphatic carbocycles. The molecule has 0 saturated heterocycles. The first-order valence-corrected chi connectivity index (χ1v) is 7.70. The minimum absolute atomic E-state index is 0.127. The third-order valence-electron chi connectivity index (χ3n) is 3.36. The van der Waals surface area contributed by atoms with Crippen LogP contribution in [0.2, 0.25) is 0 Å². The van der Waals surface area contributed by atoms with Gasteiger partial charge in [-0.1, -0.05) is 0 Å². The molecule has 2 aromatic heterocycles. The molecule has 0 spiro atoms. The van der Waals surface area contributed by atoms with E-state index in [9.17, 15) is 4.79 Å². The van der Waals surface area contributed by atoms with Crippen molar-refractivity contribution in [2.24, 2.45) is 0 Å². The SMILES string of the molecule is CCn1ncc(NC(=S)NNC(=O)Cn2nc(C)cc2C)c1C. The van der Waals surface area contributed by atoms with Gasteiger partial charge in [-0.05, 0) is 46.0 Å². The van der Waals surface area contributed by atoms with Crippen LogP contribution >= 0.6 is 12.2 Å². The van der Waals surface area contributed by atoms with Crippen LogP contribution in [-0.4, -0.2) is 30.6 Å². The van der Waals surface area contributed by atoms with Gasteiger partial charge in [0.1, 0.15) is 6.54 Å². The number of aromatic nitrogens is 4. The van der Waals surface area contributed by atoms with E-state index in [-0.39, 0.29) is 12.5 Å². The first kappa shape index (κ1) is 16.9. The molecule has 1 amide bonds. The normalized spacial score (nSPS) is 10.4. The zero-order valence-corrected chi connectivity index (χ0v) is 14.5. The number of nitrogens with zero attached hydrogens (tertiary/aromatic N) is 4. The summed E-state index contributed by atoms with van der Waals surface area (Å²) in [5.41, 5.74) is 8.81. The average molecular weight is 335 g/mol. The van der Waals surface area contributed by atoms with Gasteiger partial charge >= 0.3 is 0 Å². The Morgan fingerprint density at radius 2 is 2.00 bits per heavy atom. The Morgan fingerprint density at radius 3 is 2.57 bits per heavy atom. The summed E-state index contributed by atoms with van der Waals surface area (Å²) in [4.78, 5) is 11.9. The van der Waals surface area contributed by atoms with E-state index in [4.69, 9.17) is 12.2 Å². The third kappa shape index (κ3) is 4.28. The molecular weight excluding hydrogens is 314 g/mol. The van der Waals surface area contributed by atoms with E-state index in [1.807, 2.05) is 38.4 Å². The van der Waals surface area contributed by atoms with Crippen molar-refractivity contribution >= 4 is 28.9 Å². The Labute approximate surface area is 140 Å². The Bertz CT molecular complexity index is 719. The second-order valence-corrected chi connectivity index (χ2v) is 5.58. The highest BCUT2D eigenvalue weighted by Crippen LogP contribution is 2.12. The molecule has 0 aliphatic rings. The summed E-state index contributed by atoms with van der Waals surface area (Å²) >= 11 is 5.16. The Morgan fingerprint density at radius 1 is 1.26 bits per heavy atom. The highest BCUT2D eigenvalue weighted by molar-refractivity contribution is 7.80. The van der Waals surface area contributed by atoms with Crippen molar-refractivity contribution in [1.82, 2.24) is 30.4 Å². The van der Waals surface area contributed by atoms with Crippen molar-refractivity contribution in [3.05, 3.63) is 29.3 Å². The van der Waals surface area contributed by atoms with Crippen molar-refractivity contribution in [3.63, 3.8) is 0 Å². The van der Waals surface area contributed by atoms with Gasteiger partial charge in [-0.3, -0.25) is 25.0 Å². The number of rotatable bonds is 4. The smallest absolute Gasteiger partial charge is 0.260 e. The minimum atomic E-state index is -0.235. The maximum absolute atomic E-state index is 11.9. The number of thiocarbonyl (C=S) groups is 1. The summed E-state index contributed by atoms with van der Waals surface area (Å²) in [7, 11) is 0. The molecule has 9 heteroatoms. The molecule has 0 atom stereocenters. The lowest BCUT2D eigenvalue weighted by molar-refractivity contribution is -0.122. The molecule has 0 bridgehead atoms. The third-order valence-corrected chi connectivity index (χ3v) is 3.57. The van der Waals surface area contributed by atoms with Crippen molar-refractivity contribution in [1.29, 1.82) is 0 Å². The highest BCUT2D eigenvalue weighted by atomic mass is 32.1. The van der Waals surface area contributed by atoms with Gasteiger partial charge in [0.25, 0.3) is 5.91 Å². The second kappa shape index (κ2) is 7.23. The van der Waals surface area contributed by atoms with Gasteiger partial charge in [0.2, 0.25) is 0 Å². The topological polar surface area (TPSA) is 88.8 Å². The lowest BCUT2D eigenvalue weighted by Gasteiger charge is -2.12. The van der Waals surface area contributed by atoms with Gasteiger partial charge in [-0.25, -0.2) is 0 Å². The summed E-state index contributed by atoms with van der Waals surface area (Å²) in [6.45, 7) is 8.66. The summed E-state index contributed by atoms with van der Waals surface area (Å²) in [5, 5.41) is 11.8. The van der Waals surface area contributed by atoms with Crippen LogP contribution in [0.1, 0.15) is 24.0 Å². The van der Waals surface area contributed by atoms with Gasteiger partial charge in [0.05, 0.1) is 23.3 Å². The lowest BCUT2D eigenvalue weighted by Crippen LogP contribution is -2.45. The predicted octanol–water partition coefficient (Wildman–Crippen LogP) is 1.04. The summed E-state index contributed by atoms with van der Waals surface area (Å²) in [6, 6.07) is 1.92. The maximum atomic E-state index is 11.9. The summed E-state index contributed by atoms with van der Waals surface area (Å²) < 4.78 is 3.49. The molecule has 2 aromatic rings. The standard InChI is InChI=1S/C14H21N7OS/c1-5-20-11(4)12(7-15-20)16-14(23)18-17-13(22)8-21-10(3)6-9(2)19-21/h6-7H,5,8H2,1-4H3,(H,17,22)(H2,16,18,23). The van der Waals surface area contributed by atoms with Gasteiger partial charge in [-0.15, -0.1) is 0 Å². The molecule has 0 unspecified atom stereocenters. The molecule has 2 rings (SSSR count). The van der Waals surface area contributed by atoms with Crippen molar-refractivity contribution in [3.8, 4) is 0 Å². The fourth-order valence-corrected chi connectivity index (χ4v) is 2.34. The van der Waals surface area contributed by atoms with E-state index >= 15 is 0 Å². The van der Waals surface area contributed by atoms with E-state index in [0.717, 1.165) is 29.3 Å². The molecule has 124 valence electrons. The highest BCUT2D eigenvalue weighted by Gasteiger charge is 2.09. The van der Waals surface area contributed by atoms with Crippen LogP contribution in [0.5, 0.6) is 0 Å². The molecule has 0 fully saturated rings. The zero-order valence-electron chi connectivity index (χ0n) is 13.7. The number of nitrogens with one attached hydrogen (secondary N) is 3. The fourth-order valence-electron chi connectivity index (χ4n) is 2.18. The summed E-state index contributed by atoms with van der Waals surface area (Å²) in [6.07, 6.45) is 1.70. The minimum Gasteiger partial charge on any atom is -0.329 e. The Hall–Kier alpha value is -2.42. The molecule has 0 radical (unpaired) electrons. The van der Waals surface area contributed by atoms with Crippen LogP contribution in [0, 0.1) is 20.8 Å². The second-order valence-electron chi connectivity index (χ2n) is 5.17. The molecule has 23 heavy (non-hydrogen) atoms. The van der Waals surface area contributed by atoms with Crippen LogP contribution in [0.25, 0.3) is 0 Å². The first-order valence-electron chi connectivity index (χ1n) is 7.30. The maximum Gasteiger partial charge on any atom is 0.260 e. The van der Waals surface area contributed by atoms with Crippen LogP contribution < -0.4 is 16.2 Å². The van der Waals surface area contributed by atoms with E-state index < -0.39 is 0 Å². The van der Waals surface area contributed by atoms with Crippen LogP contribution in [-0.2, 0) is 17.9 Å². The molecule has 0 aromatic carbocycles. The number of hydrazine groups is 1. The number of carbonyl (C=O) groups excluding carboxylic acids is 1. The Balaban J connectivity index is 1.83. The van der Waals surface area contributed by atoms with Gasteiger partial charge in [0.15, 0.2) is 5.11 Å². The number of anilines is 1. The van der Waals surface area contributed by atoms with E-state index in [2.05, 4.69) is 26.4 Å². The number of hydrogen-bond acceptors (Lipinski definition) is 4. The molecule has 0 aliphatic heterocycles. The fraction of sp³-hybridized carbons (Fsp3) is 0.429. The largest absolute Gasteiger partial charge is 0.329 e. The van der Waals surface area contributed by atoms with Crippen molar-refractivity contribution in [2.45, 2.75) is 40.8 Å². The van der Waals surface area contributed by atoms with Crippen LogP contribution in [0.4, 0.5) is 5.69 Å². The predicted molar refractivity (Wildman–Crippen MR) is 91.8 cm³/mol. The van der Waals surface area contributed by atoms with Crippen LogP contribution in [0.15, 0.2) is 12.3 Å². The number of amides is 1. The van der Waals surface area contributed by atoms with Gasteiger partial charge < -0.3 is 5.32 Å². The van der Waals surface area contributed by atoms with Crippen molar-refractivity contribution in [2.75, 3.05) is 5.32 Å². The molecule has 0 saturated carbocycles. The molecule has 3 N–H and O–H groups in total. The van der Waals surface area contributed by atoms with Gasteiger partial charge in [0, 0.05) is 12.2 Å². The number of aryl methyl sites for hydroxylation is 3. The number of hydrogen-bond donors (Lipinski definition) is 3. The van der Waals surface area contributed by atoms with E-state index in [0.29, 0.717) is 5.11 Å². The Kier molecular flexibility index (Phi) is 5.32. The van der Waals surface area contributed by atoms with E-state index in [1.54, 1.807) is 10.9 Å².